The van der Waals surface area contributed by atoms with Gasteiger partial charge in [-0.3, -0.25) is 0 Å². The van der Waals surface area contributed by atoms with E-state index in [1.165, 1.54) is 7.11 Å². The number of rotatable bonds is 2. The Labute approximate surface area is 155 Å². The minimum absolute atomic E-state index is 0.145. The van der Waals surface area contributed by atoms with Crippen molar-refractivity contribution < 1.29 is 23.8 Å². The molecule has 0 saturated heterocycles. The van der Waals surface area contributed by atoms with Crippen LogP contribution in [0.25, 0.3) is 11.0 Å². The molecule has 0 bridgehead atoms. The van der Waals surface area contributed by atoms with Gasteiger partial charge in [-0.05, 0) is 24.6 Å². The first-order valence-electron chi connectivity index (χ1n) is 8.55. The third-order valence-corrected chi connectivity index (χ3v) is 4.88. The molecule has 0 unspecified atom stereocenters. The zero-order valence-electron chi connectivity index (χ0n) is 14.9. The molecule has 27 heavy (non-hydrogen) atoms. The highest BCUT2D eigenvalue weighted by molar-refractivity contribution is 5.87. The maximum Gasteiger partial charge on any atom is 0.379 e. The molecule has 1 N–H and O–H groups in total. The smallest absolute Gasteiger partial charge is 0.379 e. The van der Waals surface area contributed by atoms with Crippen LogP contribution in [0.1, 0.15) is 29.0 Å². The molecule has 4 rings (SSSR count). The van der Waals surface area contributed by atoms with E-state index < -0.39 is 23.3 Å². The topological polar surface area (TPSA) is 86.0 Å². The van der Waals surface area contributed by atoms with Crippen LogP contribution >= 0.6 is 0 Å². The van der Waals surface area contributed by atoms with E-state index in [4.69, 9.17) is 13.9 Å². The Kier molecular flexibility index (Phi) is 4.00. The van der Waals surface area contributed by atoms with Crippen molar-refractivity contribution in [2.75, 3.05) is 7.11 Å². The summed E-state index contributed by atoms with van der Waals surface area (Å²) < 4.78 is 15.9. The standard InChI is InChI=1S/C21H18O6/c1-12-7-9-13(10-8-12)15-11-21(24,20(23)25-2)27-18-14-5-3-4-6-16(14)26-19(22)17(15)18/h3-10,15,24H,11H2,1-2H3/t15-,21+/m1/s1. The second-order valence-electron chi connectivity index (χ2n) is 6.67. The first kappa shape index (κ1) is 17.3. The number of aliphatic hydroxyl groups is 1. The Morgan fingerprint density at radius 3 is 2.59 bits per heavy atom. The molecular formula is C21H18O6. The number of carbonyl (C=O) groups is 1. The zero-order chi connectivity index (χ0) is 19.2. The van der Waals surface area contributed by atoms with Gasteiger partial charge >= 0.3 is 17.4 Å². The molecule has 2 aromatic carbocycles. The highest BCUT2D eigenvalue weighted by atomic mass is 16.7. The predicted octanol–water partition coefficient (Wildman–Crippen LogP) is 2.88. The molecule has 1 aliphatic heterocycles. The molecule has 0 aliphatic carbocycles. The van der Waals surface area contributed by atoms with Crippen LogP contribution in [0.15, 0.2) is 57.7 Å². The minimum Gasteiger partial charge on any atom is -0.464 e. The van der Waals surface area contributed by atoms with Gasteiger partial charge in [0.05, 0.1) is 18.1 Å². The summed E-state index contributed by atoms with van der Waals surface area (Å²) in [5.74, 6) is -3.55. The lowest BCUT2D eigenvalue weighted by atomic mass is 9.83. The molecule has 0 amide bonds. The van der Waals surface area contributed by atoms with Crippen LogP contribution in [-0.4, -0.2) is 24.0 Å². The number of para-hydroxylation sites is 1. The van der Waals surface area contributed by atoms with E-state index in [9.17, 15) is 14.7 Å². The van der Waals surface area contributed by atoms with Crippen molar-refractivity contribution in [1.29, 1.82) is 0 Å². The van der Waals surface area contributed by atoms with Gasteiger partial charge in [-0.1, -0.05) is 42.0 Å². The van der Waals surface area contributed by atoms with Gasteiger partial charge < -0.3 is 19.0 Å². The van der Waals surface area contributed by atoms with Gasteiger partial charge in [0, 0.05) is 12.3 Å². The zero-order valence-corrected chi connectivity index (χ0v) is 14.9. The van der Waals surface area contributed by atoms with E-state index in [0.29, 0.717) is 11.0 Å². The van der Waals surface area contributed by atoms with Crippen LogP contribution in [0.5, 0.6) is 5.75 Å². The molecule has 0 saturated carbocycles. The fourth-order valence-corrected chi connectivity index (χ4v) is 3.50. The van der Waals surface area contributed by atoms with Crippen LogP contribution in [0, 0.1) is 6.92 Å². The van der Waals surface area contributed by atoms with Crippen LogP contribution in [0.4, 0.5) is 0 Å². The number of aryl methyl sites for hydroxylation is 1. The van der Waals surface area contributed by atoms with E-state index in [1.54, 1.807) is 24.3 Å². The normalized spacial score (nSPS) is 21.4. The summed E-state index contributed by atoms with van der Waals surface area (Å²) in [7, 11) is 1.18. The van der Waals surface area contributed by atoms with Gasteiger partial charge in [-0.2, -0.15) is 0 Å². The average molecular weight is 366 g/mol. The van der Waals surface area contributed by atoms with Gasteiger partial charge in [0.15, 0.2) is 0 Å². The van der Waals surface area contributed by atoms with Crippen molar-refractivity contribution in [3.63, 3.8) is 0 Å². The third kappa shape index (κ3) is 2.78. The summed E-state index contributed by atoms with van der Waals surface area (Å²) in [6, 6.07) is 14.4. The average Bonchev–Trinajstić information content (AvgIpc) is 2.67. The maximum absolute atomic E-state index is 12.7. The first-order chi connectivity index (χ1) is 12.9. The quantitative estimate of drug-likeness (QED) is 0.554. The molecule has 1 aromatic heterocycles. The maximum atomic E-state index is 12.7. The van der Waals surface area contributed by atoms with E-state index in [2.05, 4.69) is 0 Å². The Bertz CT molecular complexity index is 1080. The fraction of sp³-hybridized carbons (Fsp3) is 0.238. The van der Waals surface area contributed by atoms with E-state index in [0.717, 1.165) is 11.1 Å². The monoisotopic (exact) mass is 366 g/mol. The van der Waals surface area contributed by atoms with Gasteiger partial charge in [-0.15, -0.1) is 0 Å². The SMILES string of the molecule is COC(=O)[C@]1(O)C[C@H](c2ccc(C)cc2)c2c(c3ccccc3oc2=O)O1. The van der Waals surface area contributed by atoms with Crippen molar-refractivity contribution in [3.8, 4) is 5.75 Å². The molecule has 6 nitrogen and oxygen atoms in total. The van der Waals surface area contributed by atoms with Crippen LogP contribution < -0.4 is 10.4 Å². The van der Waals surface area contributed by atoms with Crippen molar-refractivity contribution >= 4 is 16.9 Å². The van der Waals surface area contributed by atoms with Crippen LogP contribution in [0.2, 0.25) is 0 Å². The number of methoxy groups -OCH3 is 1. The summed E-state index contributed by atoms with van der Waals surface area (Å²) in [6.07, 6.45) is -0.154. The van der Waals surface area contributed by atoms with Gasteiger partial charge in [0.2, 0.25) is 0 Å². The number of hydrogen-bond donors (Lipinski definition) is 1. The number of hydrogen-bond acceptors (Lipinski definition) is 6. The molecule has 0 fully saturated rings. The van der Waals surface area contributed by atoms with Crippen LogP contribution in [0.3, 0.4) is 0 Å². The Morgan fingerprint density at radius 2 is 1.89 bits per heavy atom. The predicted molar refractivity (Wildman–Crippen MR) is 97.7 cm³/mol. The molecule has 138 valence electrons. The number of fused-ring (bicyclic) bond motifs is 3. The van der Waals surface area contributed by atoms with Gasteiger partial charge in [0.25, 0.3) is 0 Å². The summed E-state index contributed by atoms with van der Waals surface area (Å²) >= 11 is 0. The molecule has 3 aromatic rings. The summed E-state index contributed by atoms with van der Waals surface area (Å²) in [5.41, 5.74) is 1.88. The molecule has 0 spiro atoms. The summed E-state index contributed by atoms with van der Waals surface area (Å²) in [4.78, 5) is 25.0. The summed E-state index contributed by atoms with van der Waals surface area (Å²) in [5, 5.41) is 11.4. The molecule has 2 heterocycles. The highest BCUT2D eigenvalue weighted by Crippen LogP contribution is 2.45. The van der Waals surface area contributed by atoms with E-state index in [-0.39, 0.29) is 17.7 Å². The lowest BCUT2D eigenvalue weighted by molar-refractivity contribution is -0.202. The lowest BCUT2D eigenvalue weighted by Gasteiger charge is -2.36. The summed E-state index contributed by atoms with van der Waals surface area (Å²) in [6.45, 7) is 1.95. The third-order valence-electron chi connectivity index (χ3n) is 4.88. The van der Waals surface area contributed by atoms with Crippen LogP contribution in [-0.2, 0) is 9.53 Å². The Balaban J connectivity index is 2.00. The number of benzene rings is 2. The second-order valence-corrected chi connectivity index (χ2v) is 6.67. The molecule has 1 aliphatic rings. The van der Waals surface area contributed by atoms with Crippen molar-refractivity contribution in [2.24, 2.45) is 0 Å². The first-order valence-corrected chi connectivity index (χ1v) is 8.55. The van der Waals surface area contributed by atoms with Crippen molar-refractivity contribution in [3.05, 3.63) is 75.6 Å². The van der Waals surface area contributed by atoms with E-state index >= 15 is 0 Å². The number of carbonyl (C=O) groups excluding carboxylic acids is 1. The molecule has 0 radical (unpaired) electrons. The fourth-order valence-electron chi connectivity index (χ4n) is 3.50. The van der Waals surface area contributed by atoms with Gasteiger partial charge in [-0.25, -0.2) is 9.59 Å². The minimum atomic E-state index is -2.20. The highest BCUT2D eigenvalue weighted by Gasteiger charge is 2.49. The van der Waals surface area contributed by atoms with E-state index in [1.807, 2.05) is 31.2 Å². The molecular weight excluding hydrogens is 348 g/mol. The Morgan fingerprint density at radius 1 is 1.19 bits per heavy atom. The molecule has 6 heteroatoms. The number of ether oxygens (including phenoxy) is 2. The van der Waals surface area contributed by atoms with Gasteiger partial charge in [0.1, 0.15) is 11.3 Å². The van der Waals surface area contributed by atoms with Crippen molar-refractivity contribution in [2.45, 2.75) is 25.0 Å². The van der Waals surface area contributed by atoms with Crippen molar-refractivity contribution in [1.82, 2.24) is 0 Å². The number of esters is 1. The lowest BCUT2D eigenvalue weighted by Crippen LogP contribution is -2.50. The molecule has 2 atom stereocenters. The second kappa shape index (κ2) is 6.25. The largest absolute Gasteiger partial charge is 0.464 e. The Hall–Kier alpha value is -3.12.